The normalized spacial score (nSPS) is 26.8. The Balaban J connectivity index is 1.39. The molecule has 3 N–H and O–H groups in total. The van der Waals surface area contributed by atoms with E-state index in [1.165, 1.54) is 29.7 Å². The Morgan fingerprint density at radius 2 is 2.03 bits per heavy atom. The number of anilines is 1. The Kier molecular flexibility index (Phi) is 4.50. The molecule has 6 heteroatoms. The number of nitrogens with one attached hydrogen (secondary N) is 2. The topological polar surface area (TPSA) is 77.1 Å². The maximum atomic E-state index is 9.95. The number of nitrogens with zero attached hydrogens (tertiary/aromatic N) is 3. The summed E-state index contributed by atoms with van der Waals surface area (Å²) in [4.78, 5) is 15.2. The number of aliphatic hydroxyl groups excluding tert-OH is 1. The monoisotopic (exact) mass is 403 g/mol. The van der Waals surface area contributed by atoms with E-state index in [2.05, 4.69) is 55.5 Å². The summed E-state index contributed by atoms with van der Waals surface area (Å²) in [6, 6.07) is 11.8. The molecular formula is C24H29N5O. The molecule has 2 aromatic heterocycles. The van der Waals surface area contributed by atoms with Gasteiger partial charge in [-0.3, -0.25) is 4.90 Å². The van der Waals surface area contributed by atoms with Gasteiger partial charge in [-0.05, 0) is 68.2 Å². The minimum atomic E-state index is 0.152. The third-order valence-electron chi connectivity index (χ3n) is 7.30. The SMILES string of the molecule is OCC1CCCN1C1CCc2ccccc2C1Nc1ncnc2[nH]c(C3CC3)cc12. The molecule has 1 saturated heterocycles. The van der Waals surface area contributed by atoms with Crippen molar-refractivity contribution in [3.8, 4) is 0 Å². The molecule has 1 aliphatic heterocycles. The van der Waals surface area contributed by atoms with Crippen LogP contribution in [-0.2, 0) is 6.42 Å². The number of aromatic amines is 1. The largest absolute Gasteiger partial charge is 0.395 e. The maximum Gasteiger partial charge on any atom is 0.143 e. The molecule has 30 heavy (non-hydrogen) atoms. The summed E-state index contributed by atoms with van der Waals surface area (Å²) in [7, 11) is 0. The van der Waals surface area contributed by atoms with Gasteiger partial charge in [-0.1, -0.05) is 24.3 Å². The Hall–Kier alpha value is -2.44. The lowest BCUT2D eigenvalue weighted by molar-refractivity contribution is 0.100. The van der Waals surface area contributed by atoms with Gasteiger partial charge < -0.3 is 15.4 Å². The summed E-state index contributed by atoms with van der Waals surface area (Å²) in [5.74, 6) is 1.57. The van der Waals surface area contributed by atoms with Crippen molar-refractivity contribution in [3.63, 3.8) is 0 Å². The van der Waals surface area contributed by atoms with Gasteiger partial charge in [0.15, 0.2) is 0 Å². The van der Waals surface area contributed by atoms with E-state index < -0.39 is 0 Å². The first kappa shape index (κ1) is 18.3. The summed E-state index contributed by atoms with van der Waals surface area (Å²) in [5, 5.41) is 14.9. The van der Waals surface area contributed by atoms with Crippen LogP contribution in [0.3, 0.4) is 0 Å². The van der Waals surface area contributed by atoms with Gasteiger partial charge >= 0.3 is 0 Å². The zero-order chi connectivity index (χ0) is 20.1. The van der Waals surface area contributed by atoms with E-state index in [9.17, 15) is 5.11 Å². The van der Waals surface area contributed by atoms with Gasteiger partial charge in [-0.15, -0.1) is 0 Å². The van der Waals surface area contributed by atoms with Crippen LogP contribution < -0.4 is 5.32 Å². The lowest BCUT2D eigenvalue weighted by Gasteiger charge is -2.42. The van der Waals surface area contributed by atoms with E-state index in [0.29, 0.717) is 12.0 Å². The van der Waals surface area contributed by atoms with Crippen LogP contribution in [0.1, 0.15) is 60.9 Å². The number of likely N-dealkylation sites (tertiary alicyclic amines) is 1. The zero-order valence-electron chi connectivity index (χ0n) is 17.2. The van der Waals surface area contributed by atoms with E-state index in [0.717, 1.165) is 49.1 Å². The van der Waals surface area contributed by atoms with Crippen molar-refractivity contribution >= 4 is 16.9 Å². The molecule has 3 unspecified atom stereocenters. The number of hydrogen-bond acceptors (Lipinski definition) is 5. The molecule has 6 nitrogen and oxygen atoms in total. The standard InChI is InChI=1S/C24H29N5O/c30-13-17-5-3-11-29(17)21-10-9-15-4-1-2-6-18(15)22(21)28-24-19-12-20(16-7-8-16)27-23(19)25-14-26-24/h1-2,4,6,12,14,16-17,21-22,30H,3,5,7-11,13H2,(H2,25,26,27,28). The van der Waals surface area contributed by atoms with Crippen molar-refractivity contribution in [1.29, 1.82) is 0 Å². The molecule has 1 aromatic carbocycles. The minimum Gasteiger partial charge on any atom is -0.395 e. The number of rotatable bonds is 5. The molecule has 0 amide bonds. The average Bonchev–Trinajstić information content (AvgIpc) is 3.36. The van der Waals surface area contributed by atoms with Crippen molar-refractivity contribution in [2.45, 2.75) is 62.6 Å². The first-order valence-electron chi connectivity index (χ1n) is 11.4. The van der Waals surface area contributed by atoms with Gasteiger partial charge in [-0.25, -0.2) is 9.97 Å². The quantitative estimate of drug-likeness (QED) is 0.605. The summed E-state index contributed by atoms with van der Waals surface area (Å²) >= 11 is 0. The van der Waals surface area contributed by atoms with Crippen molar-refractivity contribution in [2.75, 3.05) is 18.5 Å². The third kappa shape index (κ3) is 3.10. The second kappa shape index (κ2) is 7.36. The molecule has 2 fully saturated rings. The number of aryl methyl sites for hydroxylation is 1. The van der Waals surface area contributed by atoms with Gasteiger partial charge in [-0.2, -0.15) is 0 Å². The van der Waals surface area contributed by atoms with E-state index in [4.69, 9.17) is 0 Å². The van der Waals surface area contributed by atoms with Crippen LogP contribution in [0.4, 0.5) is 5.82 Å². The van der Waals surface area contributed by atoms with Crippen molar-refractivity contribution in [3.05, 3.63) is 53.5 Å². The van der Waals surface area contributed by atoms with Crippen LogP contribution in [0.15, 0.2) is 36.7 Å². The van der Waals surface area contributed by atoms with Crippen LogP contribution >= 0.6 is 0 Å². The highest BCUT2D eigenvalue weighted by Gasteiger charge is 2.39. The van der Waals surface area contributed by atoms with Gasteiger partial charge in [0.05, 0.1) is 18.0 Å². The van der Waals surface area contributed by atoms with Gasteiger partial charge in [0, 0.05) is 17.8 Å². The molecule has 0 bridgehead atoms. The predicted molar refractivity (Wildman–Crippen MR) is 118 cm³/mol. The van der Waals surface area contributed by atoms with Gasteiger partial charge in [0.1, 0.15) is 17.8 Å². The summed E-state index contributed by atoms with van der Waals surface area (Å²) in [6.45, 7) is 1.30. The Morgan fingerprint density at radius 3 is 2.90 bits per heavy atom. The molecule has 3 heterocycles. The lowest BCUT2D eigenvalue weighted by Crippen LogP contribution is -2.48. The number of hydrogen-bond donors (Lipinski definition) is 3. The van der Waals surface area contributed by atoms with E-state index in [-0.39, 0.29) is 18.7 Å². The van der Waals surface area contributed by atoms with Gasteiger partial charge in [0.2, 0.25) is 0 Å². The molecule has 1 saturated carbocycles. The Labute approximate surface area is 176 Å². The number of aromatic nitrogens is 3. The number of aliphatic hydroxyl groups is 1. The third-order valence-corrected chi connectivity index (χ3v) is 7.30. The van der Waals surface area contributed by atoms with Crippen molar-refractivity contribution < 1.29 is 5.11 Å². The smallest absolute Gasteiger partial charge is 0.143 e. The van der Waals surface area contributed by atoms with E-state index >= 15 is 0 Å². The molecule has 0 radical (unpaired) electrons. The summed E-state index contributed by atoms with van der Waals surface area (Å²) in [5.41, 5.74) is 4.99. The molecule has 3 atom stereocenters. The number of benzene rings is 1. The van der Waals surface area contributed by atoms with E-state index in [1.807, 2.05) is 0 Å². The molecule has 2 aliphatic carbocycles. The highest BCUT2D eigenvalue weighted by molar-refractivity contribution is 5.88. The highest BCUT2D eigenvalue weighted by Crippen LogP contribution is 2.42. The predicted octanol–water partition coefficient (Wildman–Crippen LogP) is 3.76. The lowest BCUT2D eigenvalue weighted by atomic mass is 9.83. The van der Waals surface area contributed by atoms with E-state index in [1.54, 1.807) is 6.33 Å². The minimum absolute atomic E-state index is 0.152. The summed E-state index contributed by atoms with van der Waals surface area (Å²) < 4.78 is 0. The van der Waals surface area contributed by atoms with Crippen molar-refractivity contribution in [2.24, 2.45) is 0 Å². The molecular weight excluding hydrogens is 374 g/mol. The molecule has 3 aliphatic rings. The number of H-pyrrole nitrogens is 1. The van der Waals surface area contributed by atoms with Gasteiger partial charge in [0.25, 0.3) is 0 Å². The van der Waals surface area contributed by atoms with Crippen LogP contribution in [0, 0.1) is 0 Å². The van der Waals surface area contributed by atoms with Crippen molar-refractivity contribution in [1.82, 2.24) is 19.9 Å². The van der Waals surface area contributed by atoms with Crippen LogP contribution in [0.5, 0.6) is 0 Å². The average molecular weight is 404 g/mol. The molecule has 3 aromatic rings. The molecule has 0 spiro atoms. The first-order valence-corrected chi connectivity index (χ1v) is 11.4. The molecule has 6 rings (SSSR count). The second-order valence-corrected chi connectivity index (χ2v) is 9.13. The maximum absolute atomic E-state index is 9.95. The Morgan fingerprint density at radius 1 is 1.13 bits per heavy atom. The summed E-state index contributed by atoms with van der Waals surface area (Å²) in [6.07, 6.45) is 8.62. The fraction of sp³-hybridized carbons (Fsp3) is 0.500. The van der Waals surface area contributed by atoms with Crippen LogP contribution in [-0.4, -0.2) is 50.2 Å². The zero-order valence-corrected chi connectivity index (χ0v) is 17.2. The fourth-order valence-electron chi connectivity index (χ4n) is 5.60. The Bertz CT molecular complexity index is 1060. The highest BCUT2D eigenvalue weighted by atomic mass is 16.3. The number of fused-ring (bicyclic) bond motifs is 2. The first-order chi connectivity index (χ1) is 14.8. The molecule has 156 valence electrons. The second-order valence-electron chi connectivity index (χ2n) is 9.13. The fourth-order valence-corrected chi connectivity index (χ4v) is 5.60. The van der Waals surface area contributed by atoms with Crippen LogP contribution in [0.25, 0.3) is 11.0 Å². The van der Waals surface area contributed by atoms with Crippen LogP contribution in [0.2, 0.25) is 0 Å².